The smallest absolute Gasteiger partial charge is 0.242 e. The normalized spacial score (nSPS) is 17.4. The van der Waals surface area contributed by atoms with Crippen molar-refractivity contribution in [3.63, 3.8) is 0 Å². The van der Waals surface area contributed by atoms with Crippen molar-refractivity contribution in [1.29, 1.82) is 0 Å². The Morgan fingerprint density at radius 2 is 1.81 bits per heavy atom. The number of amides is 2. The molecule has 1 saturated heterocycles. The van der Waals surface area contributed by atoms with Crippen molar-refractivity contribution in [3.8, 4) is 5.75 Å². The lowest BCUT2D eigenvalue weighted by molar-refractivity contribution is -0.121. The lowest BCUT2D eigenvalue weighted by Gasteiger charge is -2.16. The van der Waals surface area contributed by atoms with Gasteiger partial charge in [-0.25, -0.2) is 4.90 Å². The molecule has 5 nitrogen and oxygen atoms in total. The van der Waals surface area contributed by atoms with Gasteiger partial charge in [0.1, 0.15) is 5.75 Å². The van der Waals surface area contributed by atoms with Crippen LogP contribution in [0.25, 0.3) is 10.9 Å². The Kier molecular flexibility index (Phi) is 3.99. The molecule has 0 aliphatic carbocycles. The topological polar surface area (TPSA) is 62.5 Å². The molecule has 5 heteroatoms. The van der Waals surface area contributed by atoms with Gasteiger partial charge in [0.15, 0.2) is 0 Å². The highest BCUT2D eigenvalue weighted by Gasteiger charge is 2.42. The van der Waals surface area contributed by atoms with E-state index in [1.54, 1.807) is 18.2 Å². The summed E-state index contributed by atoms with van der Waals surface area (Å²) in [5, 5.41) is 11.1. The molecule has 26 heavy (non-hydrogen) atoms. The Morgan fingerprint density at radius 1 is 1.08 bits per heavy atom. The first kappa shape index (κ1) is 16.4. The highest BCUT2D eigenvalue weighted by Crippen LogP contribution is 2.39. The third-order valence-electron chi connectivity index (χ3n) is 4.93. The van der Waals surface area contributed by atoms with Gasteiger partial charge in [-0.15, -0.1) is 0 Å². The molecule has 0 radical (unpaired) electrons. The Balaban J connectivity index is 1.78. The van der Waals surface area contributed by atoms with E-state index in [2.05, 4.69) is 11.5 Å². The van der Waals surface area contributed by atoms with Crippen LogP contribution >= 0.6 is 0 Å². The SMILES string of the molecule is CCCn1cc(C2CC(=O)N(c3ccccc3O)C2=O)c2ccccc21. The number of imide groups is 1. The second-order valence-electron chi connectivity index (χ2n) is 6.61. The third-order valence-corrected chi connectivity index (χ3v) is 4.93. The molecule has 2 heterocycles. The Bertz CT molecular complexity index is 1010. The van der Waals surface area contributed by atoms with Gasteiger partial charge in [0.2, 0.25) is 11.8 Å². The van der Waals surface area contributed by atoms with Gasteiger partial charge in [0.25, 0.3) is 0 Å². The van der Waals surface area contributed by atoms with Crippen molar-refractivity contribution < 1.29 is 14.7 Å². The molecule has 1 unspecified atom stereocenters. The molecular formula is C21H20N2O3. The van der Waals surface area contributed by atoms with E-state index in [4.69, 9.17) is 0 Å². The van der Waals surface area contributed by atoms with Gasteiger partial charge < -0.3 is 9.67 Å². The number of para-hydroxylation sites is 3. The molecule has 4 rings (SSSR count). The van der Waals surface area contributed by atoms with Crippen molar-refractivity contribution in [2.45, 2.75) is 32.2 Å². The number of carbonyl (C=O) groups excluding carboxylic acids is 2. The van der Waals surface area contributed by atoms with Crippen LogP contribution in [0.5, 0.6) is 5.75 Å². The minimum atomic E-state index is -0.523. The fraction of sp³-hybridized carbons (Fsp3) is 0.238. The van der Waals surface area contributed by atoms with Crippen molar-refractivity contribution >= 4 is 28.4 Å². The summed E-state index contributed by atoms with van der Waals surface area (Å²) in [5.41, 5.74) is 2.21. The summed E-state index contributed by atoms with van der Waals surface area (Å²) >= 11 is 0. The van der Waals surface area contributed by atoms with Crippen LogP contribution in [0, 0.1) is 0 Å². The fourth-order valence-corrected chi connectivity index (χ4v) is 3.76. The number of aromatic nitrogens is 1. The van der Waals surface area contributed by atoms with Gasteiger partial charge in [-0.3, -0.25) is 9.59 Å². The van der Waals surface area contributed by atoms with E-state index in [9.17, 15) is 14.7 Å². The molecule has 0 saturated carbocycles. The first-order valence-electron chi connectivity index (χ1n) is 8.84. The molecule has 1 aliphatic rings. The molecule has 2 aromatic carbocycles. The van der Waals surface area contributed by atoms with E-state index in [1.807, 2.05) is 30.5 Å². The first-order valence-corrected chi connectivity index (χ1v) is 8.84. The highest BCUT2D eigenvalue weighted by atomic mass is 16.3. The van der Waals surface area contributed by atoms with Crippen LogP contribution in [0.2, 0.25) is 0 Å². The molecule has 1 fully saturated rings. The number of aryl methyl sites for hydroxylation is 1. The molecule has 1 aliphatic heterocycles. The molecule has 1 aromatic heterocycles. The number of anilines is 1. The van der Waals surface area contributed by atoms with E-state index in [1.165, 1.54) is 6.07 Å². The van der Waals surface area contributed by atoms with Gasteiger partial charge in [0.05, 0.1) is 11.6 Å². The summed E-state index contributed by atoms with van der Waals surface area (Å²) in [5.74, 6) is -1.15. The number of aromatic hydroxyl groups is 1. The number of carbonyl (C=O) groups is 2. The third kappa shape index (κ3) is 2.47. The molecule has 0 bridgehead atoms. The van der Waals surface area contributed by atoms with E-state index >= 15 is 0 Å². The summed E-state index contributed by atoms with van der Waals surface area (Å²) in [4.78, 5) is 26.8. The Morgan fingerprint density at radius 3 is 2.58 bits per heavy atom. The molecule has 1 atom stereocenters. The Hall–Kier alpha value is -3.08. The lowest BCUT2D eigenvalue weighted by atomic mass is 9.97. The van der Waals surface area contributed by atoms with Crippen LogP contribution in [-0.4, -0.2) is 21.5 Å². The number of fused-ring (bicyclic) bond motifs is 1. The second kappa shape index (κ2) is 6.33. The van der Waals surface area contributed by atoms with E-state index in [0.717, 1.165) is 34.3 Å². The van der Waals surface area contributed by atoms with Gasteiger partial charge in [-0.2, -0.15) is 0 Å². The number of nitrogens with zero attached hydrogens (tertiary/aromatic N) is 2. The molecule has 3 aromatic rings. The quantitative estimate of drug-likeness (QED) is 0.730. The van der Waals surface area contributed by atoms with Gasteiger partial charge in [-0.05, 0) is 30.2 Å². The predicted octanol–water partition coefficient (Wildman–Crippen LogP) is 3.80. The predicted molar refractivity (Wildman–Crippen MR) is 100 cm³/mol. The zero-order valence-corrected chi connectivity index (χ0v) is 14.6. The maximum atomic E-state index is 13.1. The minimum Gasteiger partial charge on any atom is -0.506 e. The van der Waals surface area contributed by atoms with Crippen LogP contribution in [-0.2, 0) is 16.1 Å². The molecule has 0 spiro atoms. The fourth-order valence-electron chi connectivity index (χ4n) is 3.76. The summed E-state index contributed by atoms with van der Waals surface area (Å²) in [6.45, 7) is 2.97. The molecular weight excluding hydrogens is 328 g/mol. The van der Waals surface area contributed by atoms with E-state index < -0.39 is 5.92 Å². The largest absolute Gasteiger partial charge is 0.506 e. The van der Waals surface area contributed by atoms with Crippen LogP contribution in [0.15, 0.2) is 54.7 Å². The zero-order valence-electron chi connectivity index (χ0n) is 14.6. The van der Waals surface area contributed by atoms with Gasteiger partial charge in [0, 0.05) is 30.1 Å². The summed E-state index contributed by atoms with van der Waals surface area (Å²) < 4.78 is 2.14. The van der Waals surface area contributed by atoms with Crippen molar-refractivity contribution in [3.05, 3.63) is 60.3 Å². The number of phenolic OH excluding ortho intramolecular Hbond substituents is 1. The van der Waals surface area contributed by atoms with Crippen LogP contribution in [0.3, 0.4) is 0 Å². The van der Waals surface area contributed by atoms with Crippen LogP contribution in [0.4, 0.5) is 5.69 Å². The average Bonchev–Trinajstić information content (AvgIpc) is 3.14. The van der Waals surface area contributed by atoms with Gasteiger partial charge >= 0.3 is 0 Å². The highest BCUT2D eigenvalue weighted by molar-refractivity contribution is 6.24. The zero-order chi connectivity index (χ0) is 18.3. The monoisotopic (exact) mass is 348 g/mol. The van der Waals surface area contributed by atoms with E-state index in [0.29, 0.717) is 0 Å². The number of benzene rings is 2. The van der Waals surface area contributed by atoms with Gasteiger partial charge in [-0.1, -0.05) is 37.3 Å². The standard InChI is InChI=1S/C21H20N2O3/c1-2-11-22-13-16(14-7-3-4-8-17(14)22)15-12-20(25)23(21(15)26)18-9-5-6-10-19(18)24/h3-10,13,15,24H,2,11-12H2,1H3. The van der Waals surface area contributed by atoms with Crippen molar-refractivity contribution in [2.24, 2.45) is 0 Å². The number of hydrogen-bond acceptors (Lipinski definition) is 3. The number of phenols is 1. The summed E-state index contributed by atoms with van der Waals surface area (Å²) in [7, 11) is 0. The Labute approximate surface area is 151 Å². The summed E-state index contributed by atoms with van der Waals surface area (Å²) in [6, 6.07) is 14.4. The average molecular weight is 348 g/mol. The molecule has 2 amide bonds. The van der Waals surface area contributed by atoms with Crippen molar-refractivity contribution in [2.75, 3.05) is 4.90 Å². The van der Waals surface area contributed by atoms with E-state index in [-0.39, 0.29) is 29.7 Å². The maximum absolute atomic E-state index is 13.1. The summed E-state index contributed by atoms with van der Waals surface area (Å²) in [6.07, 6.45) is 3.10. The number of hydrogen-bond donors (Lipinski definition) is 1. The first-order chi connectivity index (χ1) is 12.6. The van der Waals surface area contributed by atoms with Crippen LogP contribution in [0.1, 0.15) is 31.2 Å². The molecule has 1 N–H and O–H groups in total. The van der Waals surface area contributed by atoms with Crippen molar-refractivity contribution in [1.82, 2.24) is 4.57 Å². The van der Waals surface area contributed by atoms with Crippen LogP contribution < -0.4 is 4.90 Å². The molecule has 132 valence electrons. The second-order valence-corrected chi connectivity index (χ2v) is 6.61. The maximum Gasteiger partial charge on any atom is 0.242 e. The lowest BCUT2D eigenvalue weighted by Crippen LogP contribution is -2.30. The number of rotatable bonds is 4. The minimum absolute atomic E-state index is 0.0664.